The Bertz CT molecular complexity index is 1380. The second-order valence-corrected chi connectivity index (χ2v) is 9.17. The van der Waals surface area contributed by atoms with Gasteiger partial charge >= 0.3 is 0 Å². The number of amides is 1. The van der Waals surface area contributed by atoms with Crippen molar-refractivity contribution in [2.45, 2.75) is 27.2 Å². The molecule has 0 unspecified atom stereocenters. The van der Waals surface area contributed by atoms with E-state index in [-0.39, 0.29) is 11.4 Å². The van der Waals surface area contributed by atoms with Gasteiger partial charge in [-0.2, -0.15) is 15.1 Å². The molecular formula is C26H23N5OS. The molecule has 0 radical (unpaired) electrons. The van der Waals surface area contributed by atoms with Gasteiger partial charge in [-0.25, -0.2) is 0 Å². The number of carbonyl (C=O) groups is 1. The van der Waals surface area contributed by atoms with Gasteiger partial charge < -0.3 is 4.57 Å². The van der Waals surface area contributed by atoms with E-state index < -0.39 is 5.91 Å². The fourth-order valence-corrected chi connectivity index (χ4v) is 5.07. The summed E-state index contributed by atoms with van der Waals surface area (Å²) in [6.07, 6.45) is 2.40. The summed E-state index contributed by atoms with van der Waals surface area (Å²) in [4.78, 5) is 17.1. The van der Waals surface area contributed by atoms with E-state index in [1.54, 1.807) is 6.08 Å². The summed E-state index contributed by atoms with van der Waals surface area (Å²) in [7, 11) is 0. The molecule has 2 aliphatic heterocycles. The summed E-state index contributed by atoms with van der Waals surface area (Å²) in [6.45, 7) is 6.15. The average molecular weight is 454 g/mol. The number of hydrazone groups is 1. The van der Waals surface area contributed by atoms with Crippen LogP contribution in [0.4, 0.5) is 0 Å². The van der Waals surface area contributed by atoms with Gasteiger partial charge in [0.05, 0.1) is 5.57 Å². The molecule has 2 aliphatic rings. The number of benzene rings is 2. The van der Waals surface area contributed by atoms with Gasteiger partial charge in [-0.1, -0.05) is 48.5 Å². The number of aryl methyl sites for hydroxylation is 2. The number of rotatable bonds is 4. The van der Waals surface area contributed by atoms with Crippen molar-refractivity contribution >= 4 is 39.8 Å². The third kappa shape index (κ3) is 3.85. The van der Waals surface area contributed by atoms with Gasteiger partial charge in [0, 0.05) is 23.5 Å². The molecule has 0 saturated carbocycles. The zero-order valence-electron chi connectivity index (χ0n) is 18.7. The Morgan fingerprint density at radius 1 is 1.03 bits per heavy atom. The van der Waals surface area contributed by atoms with Gasteiger partial charge in [-0.15, -0.1) is 0 Å². The lowest BCUT2D eigenvalue weighted by molar-refractivity contribution is -0.114. The lowest BCUT2D eigenvalue weighted by Gasteiger charge is -2.20. The highest BCUT2D eigenvalue weighted by Gasteiger charge is 2.35. The molecule has 1 amide bonds. The Labute approximate surface area is 196 Å². The molecule has 0 saturated heterocycles. The molecule has 6 nitrogen and oxygen atoms in total. The van der Waals surface area contributed by atoms with Crippen molar-refractivity contribution in [2.75, 3.05) is 0 Å². The highest BCUT2D eigenvalue weighted by Crippen LogP contribution is 2.31. The van der Waals surface area contributed by atoms with Crippen LogP contribution in [0.5, 0.6) is 0 Å². The van der Waals surface area contributed by atoms with Crippen molar-refractivity contribution in [1.82, 2.24) is 9.58 Å². The molecule has 1 aromatic heterocycles. The highest BCUT2D eigenvalue weighted by molar-refractivity contribution is 8.26. The van der Waals surface area contributed by atoms with E-state index in [9.17, 15) is 4.79 Å². The first kappa shape index (κ1) is 21.2. The number of hydrogen-bond donors (Lipinski definition) is 1. The maximum Gasteiger partial charge on any atom is 0.283 e. The van der Waals surface area contributed by atoms with Crippen molar-refractivity contribution in [3.8, 4) is 5.69 Å². The number of hydrogen-bond acceptors (Lipinski definition) is 4. The molecular weight excluding hydrogens is 430 g/mol. The smallest absolute Gasteiger partial charge is 0.283 e. The molecule has 0 spiro atoms. The molecule has 0 atom stereocenters. The number of fused-ring (bicyclic) bond motifs is 1. The summed E-state index contributed by atoms with van der Waals surface area (Å²) in [5.41, 5.74) is 6.61. The van der Waals surface area contributed by atoms with Gasteiger partial charge in [0.25, 0.3) is 5.91 Å². The van der Waals surface area contributed by atoms with Crippen LogP contribution in [0.1, 0.15) is 28.1 Å². The van der Waals surface area contributed by atoms with Crippen LogP contribution in [0.2, 0.25) is 0 Å². The van der Waals surface area contributed by atoms with Crippen molar-refractivity contribution in [3.05, 3.63) is 94.3 Å². The first-order chi connectivity index (χ1) is 15.9. The average Bonchev–Trinajstić information content (AvgIpc) is 3.32. The van der Waals surface area contributed by atoms with E-state index in [0.29, 0.717) is 11.6 Å². The Balaban J connectivity index is 1.47. The SMILES string of the molecule is Cc1ccccc1-n1c(C)cc(/C=C2/C(=N)N3N=C(Cc4ccccc4)SC3=NC2=O)c1C. The predicted molar refractivity (Wildman–Crippen MR) is 135 cm³/mol. The van der Waals surface area contributed by atoms with Gasteiger partial charge in [0.2, 0.25) is 5.17 Å². The summed E-state index contributed by atoms with van der Waals surface area (Å²) in [5.74, 6) is -0.350. The Hall–Kier alpha value is -3.71. The zero-order valence-corrected chi connectivity index (χ0v) is 19.5. The maximum absolute atomic E-state index is 12.8. The summed E-state index contributed by atoms with van der Waals surface area (Å²) in [6, 6.07) is 20.3. The molecule has 0 aliphatic carbocycles. The van der Waals surface area contributed by atoms with Gasteiger partial charge in [-0.3, -0.25) is 10.2 Å². The standard InChI is InChI=1S/C26H23N5OS/c1-16-9-7-8-12-22(16)30-17(2)13-20(18(30)3)15-21-24(27)31-26(28-25(21)32)33-23(29-31)14-19-10-5-4-6-11-19/h4-13,15,27H,14H2,1-3H3/b21-15-,27-24?. The van der Waals surface area contributed by atoms with Crippen molar-refractivity contribution in [1.29, 1.82) is 5.41 Å². The zero-order chi connectivity index (χ0) is 23.1. The quantitative estimate of drug-likeness (QED) is 0.547. The normalized spacial score (nSPS) is 16.8. The van der Waals surface area contributed by atoms with Crippen LogP contribution in [0, 0.1) is 26.2 Å². The number of thioether (sulfide) groups is 1. The highest BCUT2D eigenvalue weighted by atomic mass is 32.2. The molecule has 0 bridgehead atoms. The lowest BCUT2D eigenvalue weighted by Crippen LogP contribution is -2.35. The Kier molecular flexibility index (Phi) is 5.34. The number of nitrogens with zero attached hydrogens (tertiary/aromatic N) is 4. The minimum absolute atomic E-state index is 0.0567. The molecule has 3 aromatic rings. The molecule has 0 fully saturated rings. The van der Waals surface area contributed by atoms with Crippen LogP contribution in [-0.4, -0.2) is 31.5 Å². The van der Waals surface area contributed by atoms with E-state index in [4.69, 9.17) is 5.41 Å². The van der Waals surface area contributed by atoms with Crippen LogP contribution in [0.3, 0.4) is 0 Å². The lowest BCUT2D eigenvalue weighted by atomic mass is 10.1. The number of para-hydroxylation sites is 1. The van der Waals surface area contributed by atoms with Crippen molar-refractivity contribution in [2.24, 2.45) is 10.1 Å². The maximum atomic E-state index is 12.8. The van der Waals surface area contributed by atoms with Gasteiger partial charge in [0.15, 0.2) is 5.84 Å². The minimum atomic E-state index is -0.407. The number of amidine groups is 2. The molecule has 7 heteroatoms. The molecule has 1 N–H and O–H groups in total. The fourth-order valence-electron chi connectivity index (χ4n) is 4.15. The summed E-state index contributed by atoms with van der Waals surface area (Å²) < 4.78 is 2.18. The molecule has 3 heterocycles. The topological polar surface area (TPSA) is 73.8 Å². The van der Waals surface area contributed by atoms with E-state index in [1.165, 1.54) is 22.3 Å². The van der Waals surface area contributed by atoms with Crippen LogP contribution in [0.25, 0.3) is 11.8 Å². The van der Waals surface area contributed by atoms with Crippen LogP contribution >= 0.6 is 11.8 Å². The Morgan fingerprint density at radius 2 is 1.76 bits per heavy atom. The van der Waals surface area contributed by atoms with E-state index in [0.717, 1.165) is 33.2 Å². The summed E-state index contributed by atoms with van der Waals surface area (Å²) in [5, 5.41) is 16.0. The number of aliphatic imine (C=N–C) groups is 1. The second kappa shape index (κ2) is 8.33. The van der Waals surface area contributed by atoms with Crippen LogP contribution < -0.4 is 0 Å². The largest absolute Gasteiger partial charge is 0.318 e. The number of carbonyl (C=O) groups excluding carboxylic acids is 1. The number of aromatic nitrogens is 1. The third-order valence-corrected chi connectivity index (χ3v) is 6.73. The second-order valence-electron chi connectivity index (χ2n) is 8.12. The first-order valence-electron chi connectivity index (χ1n) is 10.7. The fraction of sp³-hybridized carbons (Fsp3) is 0.154. The first-order valence-corrected chi connectivity index (χ1v) is 11.5. The van der Waals surface area contributed by atoms with E-state index in [2.05, 4.69) is 33.7 Å². The molecule has 33 heavy (non-hydrogen) atoms. The Morgan fingerprint density at radius 3 is 2.52 bits per heavy atom. The third-order valence-electron chi connectivity index (χ3n) is 5.82. The minimum Gasteiger partial charge on any atom is -0.318 e. The van der Waals surface area contributed by atoms with Crippen molar-refractivity contribution < 1.29 is 4.79 Å². The van der Waals surface area contributed by atoms with E-state index >= 15 is 0 Å². The van der Waals surface area contributed by atoms with E-state index in [1.807, 2.05) is 62.4 Å². The summed E-state index contributed by atoms with van der Waals surface area (Å²) >= 11 is 1.35. The predicted octanol–water partition coefficient (Wildman–Crippen LogP) is 5.26. The molecule has 164 valence electrons. The molecule has 2 aromatic carbocycles. The van der Waals surface area contributed by atoms with Gasteiger partial charge in [-0.05, 0) is 67.4 Å². The van der Waals surface area contributed by atoms with Crippen LogP contribution in [0.15, 0.2) is 76.3 Å². The van der Waals surface area contributed by atoms with Gasteiger partial charge in [0.1, 0.15) is 5.04 Å². The monoisotopic (exact) mass is 453 g/mol. The van der Waals surface area contributed by atoms with Crippen LogP contribution in [-0.2, 0) is 11.2 Å². The number of nitrogens with one attached hydrogen (secondary N) is 1. The van der Waals surface area contributed by atoms with Crippen molar-refractivity contribution in [3.63, 3.8) is 0 Å². The molecule has 5 rings (SSSR count).